The van der Waals surface area contributed by atoms with Crippen molar-refractivity contribution in [1.82, 2.24) is 14.3 Å². The summed E-state index contributed by atoms with van der Waals surface area (Å²) >= 11 is 1.43. The summed E-state index contributed by atoms with van der Waals surface area (Å²) in [5.41, 5.74) is 2.30. The topological polar surface area (TPSA) is 95.5 Å². The minimum atomic E-state index is -3.51. The zero-order valence-corrected chi connectivity index (χ0v) is 21.3. The fraction of sp³-hybridized carbons (Fsp3) is 0.192. The Kier molecular flexibility index (Phi) is 6.82. The van der Waals surface area contributed by atoms with Crippen LogP contribution in [-0.2, 0) is 10.0 Å². The van der Waals surface area contributed by atoms with Crippen LogP contribution in [0.3, 0.4) is 0 Å². The van der Waals surface area contributed by atoms with E-state index in [0.717, 1.165) is 16.1 Å². The highest BCUT2D eigenvalue weighted by molar-refractivity contribution is 7.89. The summed E-state index contributed by atoms with van der Waals surface area (Å²) in [6, 6.07) is 21.9. The largest absolute Gasteiger partial charge is 0.354 e. The molecular formula is C26H25N5O3S2. The lowest BCUT2D eigenvalue weighted by atomic mass is 10.1. The average Bonchev–Trinajstić information content (AvgIpc) is 3.29. The molecule has 1 aliphatic rings. The molecule has 0 radical (unpaired) electrons. The van der Waals surface area contributed by atoms with Gasteiger partial charge in [-0.1, -0.05) is 48.5 Å². The Labute approximate surface area is 214 Å². The van der Waals surface area contributed by atoms with E-state index in [9.17, 15) is 13.2 Å². The number of amides is 1. The van der Waals surface area contributed by atoms with Gasteiger partial charge in [-0.2, -0.15) is 4.31 Å². The maximum atomic E-state index is 12.8. The summed E-state index contributed by atoms with van der Waals surface area (Å²) in [5, 5.41) is 3.41. The molecule has 0 saturated carbocycles. The van der Waals surface area contributed by atoms with E-state index in [-0.39, 0.29) is 5.91 Å². The standard InChI is InChI=1S/C26H25N5O3S2/c1-19-24(20-8-4-2-5-9-20)28-26(35-19)29-25(32)21-12-13-23(27-18-21)30-14-16-31(17-15-30)36(33,34)22-10-6-3-7-11-22/h2-13,18H,14-17H2,1H3,(H,28,29,32). The van der Waals surface area contributed by atoms with E-state index in [1.807, 2.05) is 42.2 Å². The molecule has 36 heavy (non-hydrogen) atoms. The molecule has 5 rings (SSSR count). The maximum absolute atomic E-state index is 12.8. The van der Waals surface area contributed by atoms with Gasteiger partial charge in [-0.15, -0.1) is 11.3 Å². The van der Waals surface area contributed by atoms with Crippen LogP contribution in [-0.4, -0.2) is 54.8 Å². The molecule has 8 nitrogen and oxygen atoms in total. The molecule has 0 spiro atoms. The number of rotatable bonds is 6. The number of nitrogens with zero attached hydrogens (tertiary/aromatic N) is 4. The molecule has 1 N–H and O–H groups in total. The van der Waals surface area contributed by atoms with E-state index in [0.29, 0.717) is 47.6 Å². The maximum Gasteiger partial charge on any atom is 0.259 e. The predicted octanol–water partition coefficient (Wildman–Crippen LogP) is 4.28. The number of sulfonamides is 1. The second-order valence-electron chi connectivity index (χ2n) is 8.35. The third-order valence-corrected chi connectivity index (χ3v) is 8.82. The van der Waals surface area contributed by atoms with E-state index in [2.05, 4.69) is 15.3 Å². The van der Waals surface area contributed by atoms with Gasteiger partial charge in [0.05, 0.1) is 16.2 Å². The van der Waals surface area contributed by atoms with E-state index < -0.39 is 10.0 Å². The highest BCUT2D eigenvalue weighted by Crippen LogP contribution is 2.30. The summed E-state index contributed by atoms with van der Waals surface area (Å²) in [5.74, 6) is 0.431. The average molecular weight is 520 g/mol. The van der Waals surface area contributed by atoms with Gasteiger partial charge in [-0.05, 0) is 31.2 Å². The molecule has 0 atom stereocenters. The first kappa shape index (κ1) is 24.1. The molecule has 0 aliphatic carbocycles. The summed E-state index contributed by atoms with van der Waals surface area (Å²) in [7, 11) is -3.51. The Bertz CT molecular complexity index is 1450. The second-order valence-corrected chi connectivity index (χ2v) is 11.5. The molecule has 0 bridgehead atoms. The highest BCUT2D eigenvalue weighted by atomic mass is 32.2. The Morgan fingerprint density at radius 1 is 0.917 bits per heavy atom. The number of benzene rings is 2. The van der Waals surface area contributed by atoms with Gasteiger partial charge < -0.3 is 4.90 Å². The number of anilines is 2. The van der Waals surface area contributed by atoms with E-state index in [1.54, 1.807) is 42.5 Å². The van der Waals surface area contributed by atoms with Crippen LogP contribution >= 0.6 is 11.3 Å². The molecule has 3 heterocycles. The number of nitrogens with one attached hydrogen (secondary N) is 1. The fourth-order valence-corrected chi connectivity index (χ4v) is 6.36. The lowest BCUT2D eigenvalue weighted by molar-refractivity contribution is 0.102. The van der Waals surface area contributed by atoms with Crippen LogP contribution in [0.15, 0.2) is 83.9 Å². The molecule has 2 aromatic carbocycles. The lowest BCUT2D eigenvalue weighted by Crippen LogP contribution is -2.48. The van der Waals surface area contributed by atoms with Crippen molar-refractivity contribution in [3.05, 3.63) is 89.4 Å². The van der Waals surface area contributed by atoms with Crippen molar-refractivity contribution >= 4 is 38.2 Å². The smallest absolute Gasteiger partial charge is 0.259 e. The predicted molar refractivity (Wildman–Crippen MR) is 142 cm³/mol. The molecule has 1 amide bonds. The number of hydrogen-bond acceptors (Lipinski definition) is 7. The molecule has 184 valence electrons. The normalized spacial score (nSPS) is 14.5. The third kappa shape index (κ3) is 5.01. The first-order chi connectivity index (χ1) is 17.4. The quantitative estimate of drug-likeness (QED) is 0.409. The lowest BCUT2D eigenvalue weighted by Gasteiger charge is -2.34. The molecule has 4 aromatic rings. The number of aromatic nitrogens is 2. The van der Waals surface area contributed by atoms with Crippen molar-refractivity contribution in [1.29, 1.82) is 0 Å². The van der Waals surface area contributed by atoms with Crippen LogP contribution in [0.2, 0.25) is 0 Å². The van der Waals surface area contributed by atoms with Gasteiger partial charge >= 0.3 is 0 Å². The minimum absolute atomic E-state index is 0.277. The SMILES string of the molecule is Cc1sc(NC(=O)c2ccc(N3CCN(S(=O)(=O)c4ccccc4)CC3)nc2)nc1-c1ccccc1. The van der Waals surface area contributed by atoms with Gasteiger partial charge in [0.25, 0.3) is 5.91 Å². The number of thiazole rings is 1. The van der Waals surface area contributed by atoms with Gasteiger partial charge in [-0.3, -0.25) is 10.1 Å². The van der Waals surface area contributed by atoms with Crippen LogP contribution in [0.4, 0.5) is 10.9 Å². The summed E-state index contributed by atoms with van der Waals surface area (Å²) in [6.07, 6.45) is 1.54. The van der Waals surface area contributed by atoms with Crippen LogP contribution in [0.25, 0.3) is 11.3 Å². The van der Waals surface area contributed by atoms with Crippen LogP contribution in [0.5, 0.6) is 0 Å². The van der Waals surface area contributed by atoms with Crippen LogP contribution in [0.1, 0.15) is 15.2 Å². The summed E-state index contributed by atoms with van der Waals surface area (Å²) in [4.78, 5) is 25.2. The highest BCUT2D eigenvalue weighted by Gasteiger charge is 2.28. The van der Waals surface area contributed by atoms with Crippen LogP contribution < -0.4 is 10.2 Å². The van der Waals surface area contributed by atoms with Crippen molar-refractivity contribution < 1.29 is 13.2 Å². The molecular weight excluding hydrogens is 494 g/mol. The van der Waals surface area contributed by atoms with E-state index >= 15 is 0 Å². The van der Waals surface area contributed by atoms with Crippen molar-refractivity contribution in [3.63, 3.8) is 0 Å². The zero-order chi connectivity index (χ0) is 25.1. The zero-order valence-electron chi connectivity index (χ0n) is 19.7. The number of carbonyl (C=O) groups excluding carboxylic acids is 1. The van der Waals surface area contributed by atoms with E-state index in [4.69, 9.17) is 0 Å². The third-order valence-electron chi connectivity index (χ3n) is 6.02. The Hall–Kier alpha value is -3.60. The van der Waals surface area contributed by atoms with Crippen molar-refractivity contribution in [2.45, 2.75) is 11.8 Å². The minimum Gasteiger partial charge on any atom is -0.354 e. The first-order valence-electron chi connectivity index (χ1n) is 11.5. The number of carbonyl (C=O) groups is 1. The molecule has 10 heteroatoms. The number of hydrogen-bond donors (Lipinski definition) is 1. The van der Waals surface area contributed by atoms with Gasteiger partial charge in [0.2, 0.25) is 10.0 Å². The monoisotopic (exact) mass is 519 g/mol. The second kappa shape index (κ2) is 10.2. The van der Waals surface area contributed by atoms with Gasteiger partial charge in [0.1, 0.15) is 5.82 Å². The van der Waals surface area contributed by atoms with Crippen molar-refractivity contribution in [3.8, 4) is 11.3 Å². The Balaban J connectivity index is 1.21. The molecule has 1 fully saturated rings. The molecule has 1 saturated heterocycles. The summed E-state index contributed by atoms with van der Waals surface area (Å²) in [6.45, 7) is 3.76. The molecule has 0 unspecified atom stereocenters. The van der Waals surface area contributed by atoms with Gasteiger partial charge in [0.15, 0.2) is 5.13 Å². The number of aryl methyl sites for hydroxylation is 1. The Morgan fingerprint density at radius 2 is 1.58 bits per heavy atom. The number of piperazine rings is 1. The molecule has 1 aliphatic heterocycles. The van der Waals surface area contributed by atoms with Gasteiger partial charge in [0, 0.05) is 42.8 Å². The molecule has 2 aromatic heterocycles. The van der Waals surface area contributed by atoms with Gasteiger partial charge in [-0.25, -0.2) is 18.4 Å². The van der Waals surface area contributed by atoms with Crippen molar-refractivity contribution in [2.75, 3.05) is 36.4 Å². The summed E-state index contributed by atoms with van der Waals surface area (Å²) < 4.78 is 27.2. The first-order valence-corrected chi connectivity index (χ1v) is 13.8. The van der Waals surface area contributed by atoms with E-state index in [1.165, 1.54) is 21.8 Å². The van der Waals surface area contributed by atoms with Crippen LogP contribution in [0, 0.1) is 6.92 Å². The fourth-order valence-electron chi connectivity index (χ4n) is 4.09. The van der Waals surface area contributed by atoms with Crippen molar-refractivity contribution in [2.24, 2.45) is 0 Å². The Morgan fingerprint density at radius 3 is 2.22 bits per heavy atom. The number of pyridine rings is 1.